The predicted octanol–water partition coefficient (Wildman–Crippen LogP) is 1.64. The highest BCUT2D eigenvalue weighted by Gasteiger charge is 2.32. The molecule has 0 radical (unpaired) electrons. The van der Waals surface area contributed by atoms with Gasteiger partial charge in [0.25, 0.3) is 0 Å². The van der Waals surface area contributed by atoms with E-state index in [1.807, 2.05) is 0 Å². The van der Waals surface area contributed by atoms with Crippen molar-refractivity contribution in [2.75, 3.05) is 0 Å². The predicted molar refractivity (Wildman–Crippen MR) is 59.5 cm³/mol. The molecular formula is C13H18O3. The molecule has 0 unspecified atom stereocenters. The summed E-state index contributed by atoms with van der Waals surface area (Å²) in [5.74, 6) is 6.50. The largest absolute Gasteiger partial charge is 0.458 e. The topological polar surface area (TPSA) is 46.5 Å². The Kier molecular flexibility index (Phi) is 3.84. The molecule has 16 heavy (non-hydrogen) atoms. The van der Waals surface area contributed by atoms with Crippen molar-refractivity contribution in [2.24, 2.45) is 5.92 Å². The van der Waals surface area contributed by atoms with Gasteiger partial charge >= 0.3 is 5.97 Å². The van der Waals surface area contributed by atoms with E-state index in [0.717, 1.165) is 0 Å². The molecule has 1 saturated carbocycles. The summed E-state index contributed by atoms with van der Waals surface area (Å²) in [4.78, 5) is 10.9. The second kappa shape index (κ2) is 5.36. The van der Waals surface area contributed by atoms with E-state index in [1.165, 1.54) is 32.1 Å². The Labute approximate surface area is 96.2 Å². The number of aliphatic hydroxyl groups is 1. The molecule has 3 nitrogen and oxygen atoms in total. The Morgan fingerprint density at radius 3 is 2.69 bits per heavy atom. The molecule has 0 spiro atoms. The first-order valence-corrected chi connectivity index (χ1v) is 6.11. The van der Waals surface area contributed by atoms with Crippen LogP contribution in [-0.4, -0.2) is 23.3 Å². The quantitative estimate of drug-likeness (QED) is 0.542. The van der Waals surface area contributed by atoms with Crippen molar-refractivity contribution in [1.29, 1.82) is 0 Å². The minimum Gasteiger partial charge on any atom is -0.458 e. The summed E-state index contributed by atoms with van der Waals surface area (Å²) < 4.78 is 4.97. The van der Waals surface area contributed by atoms with Gasteiger partial charge in [0.05, 0.1) is 6.42 Å². The van der Waals surface area contributed by atoms with Crippen molar-refractivity contribution >= 4 is 5.97 Å². The molecule has 1 heterocycles. The smallest absolute Gasteiger partial charge is 0.308 e. The van der Waals surface area contributed by atoms with Crippen LogP contribution in [0.5, 0.6) is 0 Å². The summed E-state index contributed by atoms with van der Waals surface area (Å²) in [5.41, 5.74) is 0. The van der Waals surface area contributed by atoms with Crippen LogP contribution in [0.25, 0.3) is 0 Å². The fraction of sp³-hybridized carbons (Fsp3) is 0.769. The summed E-state index contributed by atoms with van der Waals surface area (Å²) in [7, 11) is 0. The zero-order valence-corrected chi connectivity index (χ0v) is 9.45. The maximum atomic E-state index is 10.9. The number of ether oxygens (including phenoxy) is 1. The summed E-state index contributed by atoms with van der Waals surface area (Å²) in [6.07, 6.45) is 5.81. The van der Waals surface area contributed by atoms with Gasteiger partial charge in [-0.05, 0) is 12.8 Å². The van der Waals surface area contributed by atoms with Crippen LogP contribution in [0.4, 0.5) is 0 Å². The zero-order chi connectivity index (χ0) is 11.4. The molecule has 2 atom stereocenters. The van der Waals surface area contributed by atoms with Crippen LogP contribution in [0.3, 0.4) is 0 Å². The molecule has 0 amide bonds. The first kappa shape index (κ1) is 11.5. The molecule has 0 aromatic heterocycles. The van der Waals surface area contributed by atoms with E-state index in [2.05, 4.69) is 11.8 Å². The van der Waals surface area contributed by atoms with Crippen LogP contribution in [0.15, 0.2) is 0 Å². The molecule has 2 fully saturated rings. The lowest BCUT2D eigenvalue weighted by Crippen LogP contribution is -2.19. The Balaban J connectivity index is 1.78. The van der Waals surface area contributed by atoms with Gasteiger partial charge < -0.3 is 9.84 Å². The summed E-state index contributed by atoms with van der Waals surface area (Å²) >= 11 is 0. The normalized spacial score (nSPS) is 30.7. The molecule has 2 rings (SSSR count). The van der Waals surface area contributed by atoms with E-state index < -0.39 is 12.2 Å². The second-order valence-corrected chi connectivity index (χ2v) is 4.66. The van der Waals surface area contributed by atoms with Gasteiger partial charge in [-0.25, -0.2) is 0 Å². The minimum absolute atomic E-state index is 0.121. The number of hydrogen-bond acceptors (Lipinski definition) is 3. The molecule has 0 bridgehead atoms. The van der Waals surface area contributed by atoms with Crippen LogP contribution < -0.4 is 0 Å². The number of rotatable bonds is 1. The third kappa shape index (κ3) is 2.99. The molecular weight excluding hydrogens is 204 g/mol. The minimum atomic E-state index is -0.659. The van der Waals surface area contributed by atoms with Crippen LogP contribution in [-0.2, 0) is 9.53 Å². The first-order chi connectivity index (χ1) is 7.75. The van der Waals surface area contributed by atoms with Gasteiger partial charge in [-0.2, -0.15) is 0 Å². The molecule has 1 saturated heterocycles. The van der Waals surface area contributed by atoms with E-state index in [9.17, 15) is 9.90 Å². The lowest BCUT2D eigenvalue weighted by atomic mass is 9.90. The van der Waals surface area contributed by atoms with Crippen LogP contribution in [0, 0.1) is 17.8 Å². The Hall–Kier alpha value is -1.01. The van der Waals surface area contributed by atoms with E-state index in [0.29, 0.717) is 12.3 Å². The van der Waals surface area contributed by atoms with Gasteiger partial charge in [0.15, 0.2) is 0 Å². The van der Waals surface area contributed by atoms with E-state index in [1.54, 1.807) is 0 Å². The number of aliphatic hydroxyl groups excluding tert-OH is 1. The third-order valence-electron chi connectivity index (χ3n) is 3.30. The Morgan fingerprint density at radius 1 is 1.31 bits per heavy atom. The van der Waals surface area contributed by atoms with Crippen molar-refractivity contribution in [3.8, 4) is 11.8 Å². The van der Waals surface area contributed by atoms with Crippen LogP contribution >= 0.6 is 0 Å². The third-order valence-corrected chi connectivity index (χ3v) is 3.30. The highest BCUT2D eigenvalue weighted by molar-refractivity contribution is 5.72. The SMILES string of the molecule is O=C1C[C@H](O)[C@H](CC#CC2CCCCC2)O1. The fourth-order valence-electron chi connectivity index (χ4n) is 2.33. The number of carbonyl (C=O) groups is 1. The molecule has 2 aliphatic rings. The average Bonchev–Trinajstić information content (AvgIpc) is 2.59. The number of hydrogen-bond donors (Lipinski definition) is 1. The maximum absolute atomic E-state index is 10.9. The molecule has 1 aliphatic heterocycles. The highest BCUT2D eigenvalue weighted by Crippen LogP contribution is 2.23. The van der Waals surface area contributed by atoms with Gasteiger partial charge in [-0.1, -0.05) is 31.1 Å². The van der Waals surface area contributed by atoms with Crippen molar-refractivity contribution in [2.45, 2.75) is 57.2 Å². The standard InChI is InChI=1S/C13H18O3/c14-11-9-13(15)16-12(11)8-4-7-10-5-2-1-3-6-10/h10-12,14H,1-3,5-6,8-9H2/t11-,12-/m0/s1. The highest BCUT2D eigenvalue weighted by atomic mass is 16.6. The van der Waals surface area contributed by atoms with Gasteiger partial charge in [0.1, 0.15) is 12.2 Å². The first-order valence-electron chi connectivity index (χ1n) is 6.11. The van der Waals surface area contributed by atoms with Gasteiger partial charge in [0, 0.05) is 12.3 Å². The van der Waals surface area contributed by atoms with Crippen molar-refractivity contribution in [1.82, 2.24) is 0 Å². The lowest BCUT2D eigenvalue weighted by Gasteiger charge is -2.15. The Bertz CT molecular complexity index is 307. The van der Waals surface area contributed by atoms with Crippen molar-refractivity contribution < 1.29 is 14.6 Å². The number of carbonyl (C=O) groups excluding carboxylic acids is 1. The molecule has 0 aromatic rings. The summed E-state index contributed by atoms with van der Waals surface area (Å²) in [6, 6.07) is 0. The summed E-state index contributed by atoms with van der Waals surface area (Å²) in [5, 5.41) is 9.48. The van der Waals surface area contributed by atoms with Gasteiger partial charge in [0.2, 0.25) is 0 Å². The van der Waals surface area contributed by atoms with Crippen molar-refractivity contribution in [3.63, 3.8) is 0 Å². The molecule has 1 N–H and O–H groups in total. The zero-order valence-electron chi connectivity index (χ0n) is 9.45. The summed E-state index contributed by atoms with van der Waals surface area (Å²) in [6.45, 7) is 0. The van der Waals surface area contributed by atoms with Gasteiger partial charge in [-0.3, -0.25) is 4.79 Å². The number of esters is 1. The fourth-order valence-corrected chi connectivity index (χ4v) is 2.33. The van der Waals surface area contributed by atoms with Crippen LogP contribution in [0.2, 0.25) is 0 Å². The monoisotopic (exact) mass is 222 g/mol. The molecule has 0 aromatic carbocycles. The van der Waals surface area contributed by atoms with E-state index in [-0.39, 0.29) is 12.4 Å². The van der Waals surface area contributed by atoms with E-state index in [4.69, 9.17) is 4.74 Å². The van der Waals surface area contributed by atoms with Crippen LogP contribution in [0.1, 0.15) is 44.9 Å². The molecule has 1 aliphatic carbocycles. The maximum Gasteiger partial charge on any atom is 0.308 e. The lowest BCUT2D eigenvalue weighted by molar-refractivity contribution is -0.141. The molecule has 88 valence electrons. The Morgan fingerprint density at radius 2 is 2.06 bits per heavy atom. The molecule has 3 heteroatoms. The van der Waals surface area contributed by atoms with Crippen molar-refractivity contribution in [3.05, 3.63) is 0 Å². The second-order valence-electron chi connectivity index (χ2n) is 4.66. The average molecular weight is 222 g/mol. The number of cyclic esters (lactones) is 1. The van der Waals surface area contributed by atoms with E-state index >= 15 is 0 Å². The van der Waals surface area contributed by atoms with Gasteiger partial charge in [-0.15, -0.1) is 0 Å².